The first-order valence-corrected chi connectivity index (χ1v) is 5.99. The molecular formula is C15H13FO3. The third-order valence-electron chi connectivity index (χ3n) is 3.19. The number of fused-ring (bicyclic) bond motifs is 1. The van der Waals surface area contributed by atoms with E-state index in [0.29, 0.717) is 23.2 Å². The van der Waals surface area contributed by atoms with Crippen molar-refractivity contribution in [3.8, 4) is 17.1 Å². The van der Waals surface area contributed by atoms with Crippen LogP contribution in [0.25, 0.3) is 23.5 Å². The molecule has 98 valence electrons. The van der Waals surface area contributed by atoms with Crippen LogP contribution in [0, 0.1) is 5.82 Å². The molecule has 0 spiro atoms. The average Bonchev–Trinajstić information content (AvgIpc) is 2.74. The van der Waals surface area contributed by atoms with E-state index < -0.39 is 11.4 Å². The Morgan fingerprint density at radius 1 is 1.32 bits per heavy atom. The Balaban J connectivity index is 2.14. The van der Waals surface area contributed by atoms with Crippen molar-refractivity contribution in [1.82, 2.24) is 0 Å². The van der Waals surface area contributed by atoms with Gasteiger partial charge in [0.2, 0.25) is 0 Å². The molecule has 1 aromatic heterocycles. The van der Waals surface area contributed by atoms with Gasteiger partial charge >= 0.3 is 0 Å². The topological polar surface area (TPSA) is 53.6 Å². The molecule has 2 N–H and O–H groups in total. The first kappa shape index (κ1) is 12.0. The summed E-state index contributed by atoms with van der Waals surface area (Å²) < 4.78 is 19.0. The van der Waals surface area contributed by atoms with Crippen molar-refractivity contribution in [3.05, 3.63) is 40.7 Å². The van der Waals surface area contributed by atoms with Crippen LogP contribution in [0.5, 0.6) is 5.75 Å². The average molecular weight is 260 g/mol. The Bertz CT molecular complexity index is 756. The normalized spacial score (nSPS) is 21.4. The third kappa shape index (κ3) is 2.15. The summed E-state index contributed by atoms with van der Waals surface area (Å²) in [6.45, 7) is 1.72. The molecule has 1 atom stereocenters. The van der Waals surface area contributed by atoms with Crippen molar-refractivity contribution in [2.24, 2.45) is 0 Å². The quantitative estimate of drug-likeness (QED) is 0.817. The zero-order valence-electron chi connectivity index (χ0n) is 10.4. The summed E-state index contributed by atoms with van der Waals surface area (Å²) in [6, 6.07) is 5.85. The van der Waals surface area contributed by atoms with Gasteiger partial charge in [-0.3, -0.25) is 0 Å². The van der Waals surface area contributed by atoms with Crippen LogP contribution < -0.4 is 10.6 Å². The molecule has 0 saturated carbocycles. The lowest BCUT2D eigenvalue weighted by molar-refractivity contribution is 0.134. The molecule has 0 fully saturated rings. The lowest BCUT2D eigenvalue weighted by Crippen LogP contribution is -2.33. The van der Waals surface area contributed by atoms with Crippen LogP contribution in [0.3, 0.4) is 0 Å². The molecule has 3 rings (SSSR count). The Morgan fingerprint density at radius 2 is 2.11 bits per heavy atom. The van der Waals surface area contributed by atoms with E-state index in [-0.39, 0.29) is 5.75 Å². The molecule has 2 aromatic rings. The van der Waals surface area contributed by atoms with Gasteiger partial charge in [0.15, 0.2) is 11.6 Å². The molecule has 0 amide bonds. The fourth-order valence-corrected chi connectivity index (χ4v) is 2.19. The van der Waals surface area contributed by atoms with Gasteiger partial charge < -0.3 is 14.6 Å². The molecule has 0 aliphatic heterocycles. The van der Waals surface area contributed by atoms with Gasteiger partial charge in [-0.15, -0.1) is 0 Å². The summed E-state index contributed by atoms with van der Waals surface area (Å²) in [4.78, 5) is 0. The second-order valence-electron chi connectivity index (χ2n) is 5.01. The Morgan fingerprint density at radius 3 is 2.84 bits per heavy atom. The number of hydrogen-bond donors (Lipinski definition) is 2. The molecule has 1 aliphatic rings. The highest BCUT2D eigenvalue weighted by Gasteiger charge is 2.19. The number of phenolic OH excluding ortho intramolecular Hbond substituents is 1. The number of benzene rings is 1. The zero-order chi connectivity index (χ0) is 13.6. The summed E-state index contributed by atoms with van der Waals surface area (Å²) >= 11 is 0. The Labute approximate surface area is 108 Å². The molecule has 0 radical (unpaired) electrons. The van der Waals surface area contributed by atoms with Crippen molar-refractivity contribution in [2.45, 2.75) is 18.9 Å². The molecule has 19 heavy (non-hydrogen) atoms. The van der Waals surface area contributed by atoms with Gasteiger partial charge in [0, 0.05) is 17.2 Å². The smallest absolute Gasteiger partial charge is 0.165 e. The summed E-state index contributed by atoms with van der Waals surface area (Å²) in [6.07, 6.45) is 4.03. The Hall–Kier alpha value is -2.07. The predicted molar refractivity (Wildman–Crippen MR) is 69.2 cm³/mol. The SMILES string of the molecule is CC1(O)C=c2cc(-c3ccc(O)c(F)c3)oc2=CC1. The molecule has 0 saturated heterocycles. The first-order valence-electron chi connectivity index (χ1n) is 5.99. The number of rotatable bonds is 1. The van der Waals surface area contributed by atoms with Crippen LogP contribution in [0.15, 0.2) is 28.7 Å². The lowest BCUT2D eigenvalue weighted by atomic mass is 9.97. The lowest BCUT2D eigenvalue weighted by Gasteiger charge is -2.17. The highest BCUT2D eigenvalue weighted by Crippen LogP contribution is 2.24. The maximum Gasteiger partial charge on any atom is 0.165 e. The molecular weight excluding hydrogens is 247 g/mol. The fourth-order valence-electron chi connectivity index (χ4n) is 2.19. The summed E-state index contributed by atoms with van der Waals surface area (Å²) in [7, 11) is 0. The largest absolute Gasteiger partial charge is 0.505 e. The monoisotopic (exact) mass is 260 g/mol. The van der Waals surface area contributed by atoms with Gasteiger partial charge in [0.05, 0.1) is 5.60 Å². The van der Waals surface area contributed by atoms with E-state index in [1.807, 2.05) is 6.08 Å². The molecule has 1 aliphatic carbocycles. The van der Waals surface area contributed by atoms with Gasteiger partial charge in [-0.2, -0.15) is 0 Å². The first-order chi connectivity index (χ1) is 8.94. The number of hydrogen-bond acceptors (Lipinski definition) is 3. The van der Waals surface area contributed by atoms with Crippen molar-refractivity contribution >= 4 is 12.2 Å². The van der Waals surface area contributed by atoms with Crippen LogP contribution in [0.1, 0.15) is 13.3 Å². The minimum atomic E-state index is -0.881. The van der Waals surface area contributed by atoms with Crippen LogP contribution in [-0.4, -0.2) is 15.8 Å². The summed E-state index contributed by atoms with van der Waals surface area (Å²) in [5.41, 5.74) is 0.343. The molecule has 3 nitrogen and oxygen atoms in total. The van der Waals surface area contributed by atoms with E-state index in [9.17, 15) is 14.6 Å². The number of aliphatic hydroxyl groups is 1. The van der Waals surface area contributed by atoms with Gasteiger partial charge in [0.1, 0.15) is 11.2 Å². The summed E-state index contributed by atoms with van der Waals surface area (Å²) in [5, 5.41) is 19.9. The minimum absolute atomic E-state index is 0.388. The van der Waals surface area contributed by atoms with Crippen LogP contribution in [0.4, 0.5) is 4.39 Å². The van der Waals surface area contributed by atoms with Crippen molar-refractivity contribution < 1.29 is 19.0 Å². The highest BCUT2D eigenvalue weighted by atomic mass is 19.1. The van der Waals surface area contributed by atoms with Gasteiger partial charge in [0.25, 0.3) is 0 Å². The standard InChI is InChI=1S/C15H13FO3/c1-15(18)5-4-13-10(8-15)7-14(19-13)9-2-3-12(17)11(16)6-9/h2-4,6-8,17-18H,5H2,1H3. The van der Waals surface area contributed by atoms with E-state index in [1.54, 1.807) is 25.1 Å². The van der Waals surface area contributed by atoms with E-state index in [0.717, 1.165) is 5.22 Å². The molecule has 1 aromatic carbocycles. The van der Waals surface area contributed by atoms with E-state index in [2.05, 4.69) is 0 Å². The molecule has 1 unspecified atom stereocenters. The van der Waals surface area contributed by atoms with Gasteiger partial charge in [-0.05, 0) is 43.3 Å². The highest BCUT2D eigenvalue weighted by molar-refractivity contribution is 5.60. The van der Waals surface area contributed by atoms with Crippen molar-refractivity contribution in [3.63, 3.8) is 0 Å². The molecule has 1 heterocycles. The second kappa shape index (κ2) is 3.96. The molecule has 4 heteroatoms. The predicted octanol–water partition coefficient (Wildman–Crippen LogP) is 1.51. The van der Waals surface area contributed by atoms with E-state index >= 15 is 0 Å². The van der Waals surface area contributed by atoms with E-state index in [4.69, 9.17) is 4.42 Å². The zero-order valence-corrected chi connectivity index (χ0v) is 10.4. The number of aromatic hydroxyl groups is 1. The Kier molecular flexibility index (Phi) is 2.50. The van der Waals surface area contributed by atoms with Crippen LogP contribution in [-0.2, 0) is 0 Å². The van der Waals surface area contributed by atoms with Crippen molar-refractivity contribution in [2.75, 3.05) is 0 Å². The van der Waals surface area contributed by atoms with Gasteiger partial charge in [-0.1, -0.05) is 0 Å². The minimum Gasteiger partial charge on any atom is -0.505 e. The summed E-state index contributed by atoms with van der Waals surface area (Å²) in [5.74, 6) is -0.568. The maximum atomic E-state index is 13.3. The van der Waals surface area contributed by atoms with Crippen molar-refractivity contribution in [1.29, 1.82) is 0 Å². The number of furan rings is 1. The van der Waals surface area contributed by atoms with Crippen LogP contribution >= 0.6 is 0 Å². The second-order valence-corrected chi connectivity index (χ2v) is 5.01. The molecule has 0 bridgehead atoms. The number of phenols is 1. The third-order valence-corrected chi connectivity index (χ3v) is 3.19. The van der Waals surface area contributed by atoms with Crippen LogP contribution in [0.2, 0.25) is 0 Å². The fraction of sp³-hybridized carbons (Fsp3) is 0.200. The van der Waals surface area contributed by atoms with E-state index in [1.165, 1.54) is 12.1 Å². The number of halogens is 1. The maximum absolute atomic E-state index is 13.3. The van der Waals surface area contributed by atoms with Gasteiger partial charge in [-0.25, -0.2) is 4.39 Å².